The van der Waals surface area contributed by atoms with Crippen LogP contribution in [0.15, 0.2) is 48.2 Å². The van der Waals surface area contributed by atoms with Crippen LogP contribution < -0.4 is 14.4 Å². The van der Waals surface area contributed by atoms with Crippen LogP contribution in [0.4, 0.5) is 5.13 Å². The molecule has 12 heteroatoms. The molecule has 0 bridgehead atoms. The number of hydrogen-bond acceptors (Lipinski definition) is 10. The van der Waals surface area contributed by atoms with E-state index in [-0.39, 0.29) is 27.9 Å². The largest absolute Gasteiger partial charge is 0.505 e. The molecular formula is C28H26N4O7S. The van der Waals surface area contributed by atoms with Gasteiger partial charge in [0.05, 0.1) is 43.8 Å². The molecule has 0 aliphatic carbocycles. The summed E-state index contributed by atoms with van der Waals surface area (Å²) in [6.07, 6.45) is 1.71. The SMILES string of the molecule is CCOC(=O)c1sc(N2C(=O)C(=O)/C(=C(/O)c3c(C)nc4ccccn34)C2c2ccc(OC)c(OC)c2)nc1C. The van der Waals surface area contributed by atoms with Gasteiger partial charge in [0.2, 0.25) is 0 Å². The maximum absolute atomic E-state index is 13.7. The van der Waals surface area contributed by atoms with Crippen molar-refractivity contribution >= 4 is 45.5 Å². The number of thiazole rings is 1. The molecule has 1 amide bonds. The quantitative estimate of drug-likeness (QED) is 0.152. The van der Waals surface area contributed by atoms with Crippen molar-refractivity contribution in [2.45, 2.75) is 26.8 Å². The van der Waals surface area contributed by atoms with E-state index < -0.39 is 29.5 Å². The van der Waals surface area contributed by atoms with Crippen molar-refractivity contribution in [2.24, 2.45) is 0 Å². The van der Waals surface area contributed by atoms with E-state index in [1.54, 1.807) is 67.8 Å². The van der Waals surface area contributed by atoms with Gasteiger partial charge in [0.1, 0.15) is 16.2 Å². The lowest BCUT2D eigenvalue weighted by atomic mass is 9.96. The maximum atomic E-state index is 13.7. The number of carbonyl (C=O) groups is 3. The minimum Gasteiger partial charge on any atom is -0.505 e. The molecule has 0 spiro atoms. The molecule has 0 radical (unpaired) electrons. The first-order valence-electron chi connectivity index (χ1n) is 12.3. The Kier molecular flexibility index (Phi) is 7.03. The molecule has 1 atom stereocenters. The second-order valence-electron chi connectivity index (χ2n) is 8.89. The number of fused-ring (bicyclic) bond motifs is 1. The van der Waals surface area contributed by atoms with Gasteiger partial charge in [-0.05, 0) is 50.6 Å². The van der Waals surface area contributed by atoms with E-state index in [2.05, 4.69) is 9.97 Å². The van der Waals surface area contributed by atoms with Gasteiger partial charge in [-0.1, -0.05) is 23.5 Å². The van der Waals surface area contributed by atoms with E-state index in [9.17, 15) is 19.5 Å². The van der Waals surface area contributed by atoms with E-state index in [0.29, 0.717) is 34.1 Å². The van der Waals surface area contributed by atoms with Gasteiger partial charge in [-0.3, -0.25) is 18.9 Å². The van der Waals surface area contributed by atoms with E-state index >= 15 is 0 Å². The van der Waals surface area contributed by atoms with Crippen molar-refractivity contribution in [1.82, 2.24) is 14.4 Å². The van der Waals surface area contributed by atoms with Crippen LogP contribution in [0, 0.1) is 13.8 Å². The number of esters is 1. The Morgan fingerprint density at radius 1 is 1.05 bits per heavy atom. The summed E-state index contributed by atoms with van der Waals surface area (Å²) in [6.45, 7) is 5.18. The average Bonchev–Trinajstić information content (AvgIpc) is 3.58. The molecule has 3 aromatic heterocycles. The second-order valence-corrected chi connectivity index (χ2v) is 9.87. The summed E-state index contributed by atoms with van der Waals surface area (Å²) in [6, 6.07) is 9.18. The van der Waals surface area contributed by atoms with E-state index in [0.717, 1.165) is 11.3 Å². The number of aromatic nitrogens is 3. The zero-order chi connectivity index (χ0) is 28.7. The predicted octanol–water partition coefficient (Wildman–Crippen LogP) is 4.23. The third-order valence-electron chi connectivity index (χ3n) is 6.55. The van der Waals surface area contributed by atoms with Gasteiger partial charge in [0.15, 0.2) is 22.4 Å². The lowest BCUT2D eigenvalue weighted by Crippen LogP contribution is -2.29. The molecule has 4 heterocycles. The first-order chi connectivity index (χ1) is 19.2. The van der Waals surface area contributed by atoms with Crippen LogP contribution in [-0.4, -0.2) is 58.0 Å². The standard InChI is InChI=1S/C28H26N4O7S/c1-6-39-27(36)25-15(3)30-28(40-25)32-22(16-10-11-17(37-4)18(13-16)38-5)20(24(34)26(32)35)23(33)21-14(2)29-19-9-7-8-12-31(19)21/h7-13,22,33H,6H2,1-5H3/b23-20+. The third-order valence-corrected chi connectivity index (χ3v) is 7.69. The van der Waals surface area contributed by atoms with Crippen molar-refractivity contribution in [3.8, 4) is 11.5 Å². The molecule has 1 aliphatic rings. The van der Waals surface area contributed by atoms with Crippen molar-refractivity contribution in [1.29, 1.82) is 0 Å². The Balaban J connectivity index is 1.77. The molecule has 40 heavy (non-hydrogen) atoms. The normalized spacial score (nSPS) is 16.5. The summed E-state index contributed by atoms with van der Waals surface area (Å²) in [7, 11) is 2.96. The van der Waals surface area contributed by atoms with Gasteiger partial charge in [0.25, 0.3) is 5.78 Å². The number of nitrogens with zero attached hydrogens (tertiary/aromatic N) is 4. The Morgan fingerprint density at radius 3 is 2.50 bits per heavy atom. The molecule has 1 saturated heterocycles. The summed E-state index contributed by atoms with van der Waals surface area (Å²) in [4.78, 5) is 50.1. The Hall–Kier alpha value is -4.71. The number of ether oxygens (including phenoxy) is 3. The van der Waals surface area contributed by atoms with E-state index in [1.165, 1.54) is 19.1 Å². The van der Waals surface area contributed by atoms with Gasteiger partial charge in [-0.15, -0.1) is 0 Å². The number of carbonyl (C=O) groups excluding carboxylic acids is 3. The number of pyridine rings is 1. The van der Waals surface area contributed by atoms with Crippen molar-refractivity contribution in [3.63, 3.8) is 0 Å². The average molecular weight is 563 g/mol. The Morgan fingerprint density at radius 2 is 1.80 bits per heavy atom. The van der Waals surface area contributed by atoms with Crippen LogP contribution in [0.3, 0.4) is 0 Å². The maximum Gasteiger partial charge on any atom is 0.350 e. The molecule has 1 unspecified atom stereocenters. The highest BCUT2D eigenvalue weighted by atomic mass is 32.1. The van der Waals surface area contributed by atoms with Crippen LogP contribution in [0.5, 0.6) is 11.5 Å². The molecule has 1 aromatic carbocycles. The highest BCUT2D eigenvalue weighted by molar-refractivity contribution is 7.17. The zero-order valence-corrected chi connectivity index (χ0v) is 23.2. The Labute approximate surface area is 233 Å². The zero-order valence-electron chi connectivity index (χ0n) is 22.4. The minimum absolute atomic E-state index is 0.108. The number of aliphatic hydroxyl groups is 1. The highest BCUT2D eigenvalue weighted by Crippen LogP contribution is 2.45. The molecule has 0 saturated carbocycles. The molecule has 1 aliphatic heterocycles. The molecule has 5 rings (SSSR count). The molecular weight excluding hydrogens is 536 g/mol. The Bertz CT molecular complexity index is 1700. The predicted molar refractivity (Wildman–Crippen MR) is 147 cm³/mol. The number of aliphatic hydroxyl groups excluding tert-OH is 1. The monoisotopic (exact) mass is 562 g/mol. The first-order valence-corrected chi connectivity index (χ1v) is 13.1. The van der Waals surface area contributed by atoms with Crippen LogP contribution in [0.25, 0.3) is 11.4 Å². The summed E-state index contributed by atoms with van der Waals surface area (Å²) < 4.78 is 17.6. The summed E-state index contributed by atoms with van der Waals surface area (Å²) >= 11 is 0.933. The number of amides is 1. The van der Waals surface area contributed by atoms with Crippen molar-refractivity contribution in [3.05, 3.63) is 75.7 Å². The highest BCUT2D eigenvalue weighted by Gasteiger charge is 2.49. The van der Waals surface area contributed by atoms with Gasteiger partial charge < -0.3 is 19.3 Å². The topological polar surface area (TPSA) is 133 Å². The summed E-state index contributed by atoms with van der Waals surface area (Å²) in [5.74, 6) is -1.99. The third kappa shape index (κ3) is 4.26. The van der Waals surface area contributed by atoms with Crippen LogP contribution in [0.1, 0.15) is 45.3 Å². The van der Waals surface area contributed by atoms with Gasteiger partial charge in [-0.25, -0.2) is 14.8 Å². The van der Waals surface area contributed by atoms with Crippen LogP contribution in [-0.2, 0) is 14.3 Å². The summed E-state index contributed by atoms with van der Waals surface area (Å²) in [5.41, 5.74) is 1.96. The number of Topliss-reactive ketones (excluding diaryl/α,β-unsaturated/α-hetero) is 1. The fourth-order valence-electron chi connectivity index (χ4n) is 4.77. The second kappa shape index (κ2) is 10.5. The van der Waals surface area contributed by atoms with Gasteiger partial charge in [-0.2, -0.15) is 0 Å². The molecule has 1 fully saturated rings. The lowest BCUT2D eigenvalue weighted by molar-refractivity contribution is -0.132. The molecule has 206 valence electrons. The number of ketones is 1. The van der Waals surface area contributed by atoms with Crippen molar-refractivity contribution in [2.75, 3.05) is 25.7 Å². The van der Waals surface area contributed by atoms with Gasteiger partial charge in [0, 0.05) is 6.20 Å². The number of hydrogen-bond donors (Lipinski definition) is 1. The number of imidazole rings is 1. The summed E-state index contributed by atoms with van der Waals surface area (Å²) in [5, 5.41) is 11.8. The fraction of sp³-hybridized carbons (Fsp3) is 0.250. The van der Waals surface area contributed by atoms with Crippen LogP contribution >= 0.6 is 11.3 Å². The number of anilines is 1. The van der Waals surface area contributed by atoms with Crippen molar-refractivity contribution < 1.29 is 33.7 Å². The van der Waals surface area contributed by atoms with Gasteiger partial charge >= 0.3 is 11.9 Å². The first kappa shape index (κ1) is 26.9. The molecule has 1 N–H and O–H groups in total. The lowest BCUT2D eigenvalue weighted by Gasteiger charge is -2.23. The number of aryl methyl sites for hydroxylation is 2. The molecule has 4 aromatic rings. The van der Waals surface area contributed by atoms with E-state index in [4.69, 9.17) is 14.2 Å². The number of methoxy groups -OCH3 is 2. The van der Waals surface area contributed by atoms with E-state index in [1.807, 2.05) is 0 Å². The molecule has 11 nitrogen and oxygen atoms in total. The van der Waals surface area contributed by atoms with Crippen LogP contribution in [0.2, 0.25) is 0 Å². The fourth-order valence-corrected chi connectivity index (χ4v) is 5.75. The smallest absolute Gasteiger partial charge is 0.350 e. The minimum atomic E-state index is -1.10. The number of benzene rings is 1. The number of rotatable bonds is 7.